The van der Waals surface area contributed by atoms with Crippen LogP contribution in [0.3, 0.4) is 0 Å². The minimum Gasteiger partial charge on any atom is -0.491 e. The standard InChI is InChI=1S/C10H9F3O4.CH4O3S/c1-16-9-7(12)5(4-6(11)8(9)13)10(15)17-3-2-14;1-5(2,3)4/h4,14H,2-3H2,1H3;1H3,(H,2,3,4). The zero-order valence-corrected chi connectivity index (χ0v) is 12.3. The molecule has 0 heterocycles. The smallest absolute Gasteiger partial charge is 0.341 e. The van der Waals surface area contributed by atoms with Crippen molar-refractivity contribution in [3.05, 3.63) is 29.1 Å². The Bertz CT molecular complexity index is 623. The van der Waals surface area contributed by atoms with Gasteiger partial charge in [-0.1, -0.05) is 0 Å². The van der Waals surface area contributed by atoms with Gasteiger partial charge >= 0.3 is 5.97 Å². The quantitative estimate of drug-likeness (QED) is 0.470. The monoisotopic (exact) mass is 346 g/mol. The SMILES string of the molecule is COc1c(F)c(F)cc(C(=O)OCCO)c1F.CS(=O)(=O)O. The molecular weight excluding hydrogens is 333 g/mol. The zero-order valence-electron chi connectivity index (χ0n) is 11.5. The summed E-state index contributed by atoms with van der Waals surface area (Å²) in [6, 6.07) is 0.368. The number of carbonyl (C=O) groups excluding carboxylic acids is 1. The molecule has 22 heavy (non-hydrogen) atoms. The first-order chi connectivity index (χ1) is 10.0. The molecule has 7 nitrogen and oxygen atoms in total. The highest BCUT2D eigenvalue weighted by atomic mass is 32.2. The summed E-state index contributed by atoms with van der Waals surface area (Å²) < 4.78 is 74.1. The van der Waals surface area contributed by atoms with E-state index in [1.807, 2.05) is 0 Å². The zero-order chi connectivity index (χ0) is 17.5. The Morgan fingerprint density at radius 1 is 1.27 bits per heavy atom. The first-order valence-corrected chi connectivity index (χ1v) is 7.29. The van der Waals surface area contributed by atoms with Crippen molar-refractivity contribution in [2.24, 2.45) is 0 Å². The predicted octanol–water partition coefficient (Wildman–Crippen LogP) is 0.766. The summed E-state index contributed by atoms with van der Waals surface area (Å²) in [6.07, 6.45) is 0.715. The molecule has 1 rings (SSSR count). The molecule has 1 aromatic rings. The largest absolute Gasteiger partial charge is 0.491 e. The van der Waals surface area contributed by atoms with E-state index in [1.54, 1.807) is 0 Å². The number of carbonyl (C=O) groups is 1. The van der Waals surface area contributed by atoms with E-state index < -0.39 is 51.5 Å². The highest BCUT2D eigenvalue weighted by Gasteiger charge is 2.24. The van der Waals surface area contributed by atoms with E-state index in [1.165, 1.54) is 0 Å². The molecule has 0 aliphatic heterocycles. The van der Waals surface area contributed by atoms with Crippen LogP contribution in [0.1, 0.15) is 10.4 Å². The molecule has 0 bridgehead atoms. The van der Waals surface area contributed by atoms with Gasteiger partial charge in [-0.25, -0.2) is 13.6 Å². The summed E-state index contributed by atoms with van der Waals surface area (Å²) in [6.45, 7) is -0.840. The molecule has 0 radical (unpaired) electrons. The molecule has 0 saturated carbocycles. The number of ether oxygens (including phenoxy) is 2. The van der Waals surface area contributed by atoms with Gasteiger partial charge in [0, 0.05) is 0 Å². The van der Waals surface area contributed by atoms with Gasteiger partial charge in [0.2, 0.25) is 5.82 Å². The summed E-state index contributed by atoms with van der Waals surface area (Å²) in [5.74, 6) is -6.52. The van der Waals surface area contributed by atoms with Crippen LogP contribution >= 0.6 is 0 Å². The van der Waals surface area contributed by atoms with Crippen LogP contribution in [0, 0.1) is 17.5 Å². The third kappa shape index (κ3) is 6.74. The van der Waals surface area contributed by atoms with Crippen LogP contribution < -0.4 is 4.74 Å². The van der Waals surface area contributed by atoms with E-state index >= 15 is 0 Å². The van der Waals surface area contributed by atoms with Crippen molar-refractivity contribution in [3.63, 3.8) is 0 Å². The molecule has 0 spiro atoms. The van der Waals surface area contributed by atoms with Gasteiger partial charge in [-0.05, 0) is 6.07 Å². The lowest BCUT2D eigenvalue weighted by atomic mass is 10.2. The molecule has 126 valence electrons. The van der Waals surface area contributed by atoms with Gasteiger partial charge < -0.3 is 14.6 Å². The molecule has 0 aromatic heterocycles. The van der Waals surface area contributed by atoms with Gasteiger partial charge in [-0.15, -0.1) is 0 Å². The second kappa shape index (κ2) is 8.56. The molecular formula is C11H13F3O7S. The van der Waals surface area contributed by atoms with Gasteiger partial charge in [0.25, 0.3) is 10.1 Å². The maximum Gasteiger partial charge on any atom is 0.341 e. The minimum atomic E-state index is -3.67. The first kappa shape index (κ1) is 20.1. The number of esters is 1. The fourth-order valence-electron chi connectivity index (χ4n) is 1.12. The van der Waals surface area contributed by atoms with Crippen LogP contribution in [0.5, 0.6) is 5.75 Å². The van der Waals surface area contributed by atoms with Crippen LogP contribution in [0.4, 0.5) is 13.2 Å². The second-order valence-corrected chi connectivity index (χ2v) is 5.13. The van der Waals surface area contributed by atoms with Crippen LogP contribution in [0.2, 0.25) is 0 Å². The Balaban J connectivity index is 0.000000763. The van der Waals surface area contributed by atoms with Crippen LogP contribution in [0.15, 0.2) is 6.07 Å². The summed E-state index contributed by atoms with van der Waals surface area (Å²) >= 11 is 0. The van der Waals surface area contributed by atoms with Crippen molar-refractivity contribution in [1.29, 1.82) is 0 Å². The number of halogens is 3. The second-order valence-electron chi connectivity index (χ2n) is 3.66. The first-order valence-electron chi connectivity index (χ1n) is 5.44. The van der Waals surface area contributed by atoms with E-state index in [0.717, 1.165) is 7.11 Å². The van der Waals surface area contributed by atoms with Gasteiger partial charge in [-0.3, -0.25) is 4.55 Å². The maximum atomic E-state index is 13.5. The molecule has 0 aliphatic rings. The maximum absolute atomic E-state index is 13.5. The van der Waals surface area contributed by atoms with Crippen LogP contribution in [-0.4, -0.2) is 50.6 Å². The topological polar surface area (TPSA) is 110 Å². The van der Waals surface area contributed by atoms with Crippen LogP contribution in [0.25, 0.3) is 0 Å². The Kier molecular flexibility index (Phi) is 7.84. The lowest BCUT2D eigenvalue weighted by Crippen LogP contribution is -2.12. The van der Waals surface area contributed by atoms with Crippen molar-refractivity contribution in [2.75, 3.05) is 26.6 Å². The lowest BCUT2D eigenvalue weighted by molar-refractivity contribution is 0.0426. The summed E-state index contributed by atoms with van der Waals surface area (Å²) in [5.41, 5.74) is -0.797. The fraction of sp³-hybridized carbons (Fsp3) is 0.364. The van der Waals surface area contributed by atoms with E-state index in [9.17, 15) is 26.4 Å². The Morgan fingerprint density at radius 2 is 1.77 bits per heavy atom. The molecule has 0 fully saturated rings. The summed E-state index contributed by atoms with van der Waals surface area (Å²) in [4.78, 5) is 11.2. The molecule has 2 N–H and O–H groups in total. The predicted molar refractivity (Wildman–Crippen MR) is 67.7 cm³/mol. The molecule has 0 amide bonds. The summed E-state index contributed by atoms with van der Waals surface area (Å²) in [7, 11) is -2.73. The molecule has 0 saturated heterocycles. The number of benzene rings is 1. The number of hydrogen-bond acceptors (Lipinski definition) is 6. The van der Waals surface area contributed by atoms with Crippen molar-refractivity contribution in [1.82, 2.24) is 0 Å². The minimum absolute atomic E-state index is 0.368. The Hall–Kier alpha value is -1.85. The average Bonchev–Trinajstić information content (AvgIpc) is 2.39. The van der Waals surface area contributed by atoms with Crippen LogP contribution in [-0.2, 0) is 14.9 Å². The van der Waals surface area contributed by atoms with Gasteiger partial charge in [0.15, 0.2) is 17.4 Å². The third-order valence-corrected chi connectivity index (χ3v) is 1.86. The molecule has 11 heteroatoms. The fourth-order valence-corrected chi connectivity index (χ4v) is 1.12. The molecule has 1 aromatic carbocycles. The van der Waals surface area contributed by atoms with E-state index in [4.69, 9.17) is 9.66 Å². The van der Waals surface area contributed by atoms with E-state index in [-0.39, 0.29) is 6.61 Å². The van der Waals surface area contributed by atoms with Gasteiger partial charge in [0.1, 0.15) is 12.2 Å². The van der Waals surface area contributed by atoms with Crippen molar-refractivity contribution >= 4 is 16.1 Å². The van der Waals surface area contributed by atoms with Crippen molar-refractivity contribution in [3.8, 4) is 5.75 Å². The normalized spacial score (nSPS) is 10.5. The lowest BCUT2D eigenvalue weighted by Gasteiger charge is -2.09. The van der Waals surface area contributed by atoms with Crippen molar-refractivity contribution < 1.29 is 45.5 Å². The summed E-state index contributed by atoms with van der Waals surface area (Å²) in [5, 5.41) is 8.40. The highest BCUT2D eigenvalue weighted by Crippen LogP contribution is 2.27. The van der Waals surface area contributed by atoms with E-state index in [2.05, 4.69) is 9.47 Å². The molecule has 0 atom stereocenters. The van der Waals surface area contributed by atoms with Crippen molar-refractivity contribution in [2.45, 2.75) is 0 Å². The van der Waals surface area contributed by atoms with Gasteiger partial charge in [-0.2, -0.15) is 12.8 Å². The Morgan fingerprint density at radius 3 is 2.18 bits per heavy atom. The number of aliphatic hydroxyl groups is 1. The Labute approximate surface area is 124 Å². The molecule has 0 unspecified atom stereocenters. The third-order valence-electron chi connectivity index (χ3n) is 1.86. The number of rotatable bonds is 4. The number of aliphatic hydroxyl groups excluding tert-OH is 1. The molecule has 0 aliphatic carbocycles. The average molecular weight is 346 g/mol. The van der Waals surface area contributed by atoms with E-state index in [0.29, 0.717) is 12.3 Å². The number of hydrogen-bond donors (Lipinski definition) is 2. The highest BCUT2D eigenvalue weighted by molar-refractivity contribution is 7.85. The van der Waals surface area contributed by atoms with Gasteiger partial charge in [0.05, 0.1) is 20.0 Å². The number of methoxy groups -OCH3 is 1.